The van der Waals surface area contributed by atoms with Gasteiger partial charge >= 0.3 is 5.97 Å². The first-order valence-electron chi connectivity index (χ1n) is 11.6. The molecule has 0 bridgehead atoms. The number of carboxylic acids is 1. The molecule has 3 nitrogen and oxygen atoms in total. The third kappa shape index (κ3) is 4.62. The maximum absolute atomic E-state index is 12.2. The zero-order valence-electron chi connectivity index (χ0n) is 19.4. The Morgan fingerprint density at radius 1 is 1.09 bits per heavy atom. The lowest BCUT2D eigenvalue weighted by Crippen LogP contribution is -2.22. The van der Waals surface area contributed by atoms with Crippen molar-refractivity contribution in [2.24, 2.45) is 5.41 Å². The fourth-order valence-electron chi connectivity index (χ4n) is 4.80. The van der Waals surface area contributed by atoms with Crippen LogP contribution in [0.15, 0.2) is 42.5 Å². The number of hydrogen-bond acceptors (Lipinski definition) is 4. The summed E-state index contributed by atoms with van der Waals surface area (Å²) < 4.78 is 1.27. The fraction of sp³-hybridized carbons (Fsp3) is 0.357. The van der Waals surface area contributed by atoms with Crippen LogP contribution in [0.25, 0.3) is 20.7 Å². The summed E-state index contributed by atoms with van der Waals surface area (Å²) in [4.78, 5) is 19.1. The van der Waals surface area contributed by atoms with Gasteiger partial charge in [-0.2, -0.15) is 0 Å². The standard InChI is InChI=1S/C28H29NO2S2/c1-17-7-12-21-23(15-17)32-24(29-21)6-4-5-18-8-10-19(11-9-18)26-25(27(30)31)20-16-28(2,3)14-13-22(20)33-26/h7-12,15H,4-6,13-14,16H2,1-3H3,(H,30,31). The predicted octanol–water partition coefficient (Wildman–Crippen LogP) is 7.72. The molecule has 0 spiro atoms. The molecule has 5 rings (SSSR count). The minimum atomic E-state index is -0.796. The number of fused-ring (bicyclic) bond motifs is 2. The number of carbonyl (C=O) groups is 1. The maximum Gasteiger partial charge on any atom is 0.337 e. The van der Waals surface area contributed by atoms with E-state index < -0.39 is 5.97 Å². The zero-order valence-corrected chi connectivity index (χ0v) is 21.0. The summed E-state index contributed by atoms with van der Waals surface area (Å²) in [7, 11) is 0. The molecule has 0 saturated heterocycles. The lowest BCUT2D eigenvalue weighted by molar-refractivity contribution is 0.0696. The van der Waals surface area contributed by atoms with Crippen LogP contribution >= 0.6 is 22.7 Å². The average molecular weight is 476 g/mol. The minimum Gasteiger partial charge on any atom is -0.478 e. The Bertz CT molecular complexity index is 1330. The average Bonchev–Trinajstić information content (AvgIpc) is 3.33. The Morgan fingerprint density at radius 2 is 1.88 bits per heavy atom. The molecule has 0 radical (unpaired) electrons. The maximum atomic E-state index is 12.2. The minimum absolute atomic E-state index is 0.168. The van der Waals surface area contributed by atoms with Crippen molar-refractivity contribution < 1.29 is 9.90 Å². The Hall–Kier alpha value is -2.50. The van der Waals surface area contributed by atoms with E-state index in [0.717, 1.165) is 60.0 Å². The van der Waals surface area contributed by atoms with Crippen LogP contribution in [-0.2, 0) is 25.7 Å². The Balaban J connectivity index is 1.29. The van der Waals surface area contributed by atoms with Gasteiger partial charge in [0.15, 0.2) is 0 Å². The Morgan fingerprint density at radius 3 is 2.64 bits per heavy atom. The second kappa shape index (κ2) is 8.69. The van der Waals surface area contributed by atoms with Crippen LogP contribution < -0.4 is 0 Å². The van der Waals surface area contributed by atoms with Crippen LogP contribution in [-0.4, -0.2) is 16.1 Å². The first-order chi connectivity index (χ1) is 15.8. The van der Waals surface area contributed by atoms with Gasteiger partial charge in [0.2, 0.25) is 0 Å². The summed E-state index contributed by atoms with van der Waals surface area (Å²) in [5.74, 6) is -0.796. The van der Waals surface area contributed by atoms with Crippen LogP contribution in [0.4, 0.5) is 0 Å². The number of aromatic carboxylic acids is 1. The molecule has 0 fully saturated rings. The smallest absolute Gasteiger partial charge is 0.337 e. The number of aryl methyl sites for hydroxylation is 4. The van der Waals surface area contributed by atoms with Gasteiger partial charge in [0.1, 0.15) is 0 Å². The summed E-state index contributed by atoms with van der Waals surface area (Å²) in [6.07, 6.45) is 5.99. The fourth-order valence-corrected chi connectivity index (χ4v) is 7.22. The van der Waals surface area contributed by atoms with Gasteiger partial charge in [0, 0.05) is 9.75 Å². The number of thiophene rings is 1. The number of carboxylic acid groups (broad SMARTS) is 1. The molecular formula is C28H29NO2S2. The summed E-state index contributed by atoms with van der Waals surface area (Å²) in [5.41, 5.74) is 6.45. The topological polar surface area (TPSA) is 50.2 Å². The molecule has 0 aliphatic heterocycles. The van der Waals surface area contributed by atoms with E-state index in [0.29, 0.717) is 5.56 Å². The summed E-state index contributed by atoms with van der Waals surface area (Å²) >= 11 is 3.48. The lowest BCUT2D eigenvalue weighted by Gasteiger charge is -2.29. The van der Waals surface area contributed by atoms with Crippen LogP contribution in [0, 0.1) is 12.3 Å². The zero-order chi connectivity index (χ0) is 23.2. The molecule has 5 heteroatoms. The molecule has 0 atom stereocenters. The molecule has 1 aliphatic carbocycles. The van der Waals surface area contributed by atoms with Gasteiger partial charge in [-0.1, -0.05) is 44.2 Å². The summed E-state index contributed by atoms with van der Waals surface area (Å²) in [6, 6.07) is 15.0. The molecule has 1 N–H and O–H groups in total. The monoisotopic (exact) mass is 475 g/mol. The van der Waals surface area contributed by atoms with Gasteiger partial charge in [-0.05, 0) is 85.3 Å². The first kappa shape index (κ1) is 22.3. The predicted molar refractivity (Wildman–Crippen MR) is 139 cm³/mol. The van der Waals surface area contributed by atoms with Crippen molar-refractivity contribution in [3.63, 3.8) is 0 Å². The van der Waals surface area contributed by atoms with Crippen molar-refractivity contribution in [2.45, 2.75) is 59.3 Å². The van der Waals surface area contributed by atoms with E-state index in [4.69, 9.17) is 4.98 Å². The summed E-state index contributed by atoms with van der Waals surface area (Å²) in [6.45, 7) is 6.60. The third-order valence-corrected chi connectivity index (χ3v) is 9.07. The Labute approximate surface area is 203 Å². The molecule has 2 aromatic heterocycles. The van der Waals surface area contributed by atoms with Crippen molar-refractivity contribution >= 4 is 38.9 Å². The van der Waals surface area contributed by atoms with E-state index in [2.05, 4.69) is 63.2 Å². The van der Waals surface area contributed by atoms with Gasteiger partial charge in [0.25, 0.3) is 0 Å². The summed E-state index contributed by atoms with van der Waals surface area (Å²) in [5, 5.41) is 11.2. The largest absolute Gasteiger partial charge is 0.478 e. The quantitative estimate of drug-likeness (QED) is 0.310. The number of benzene rings is 2. The molecule has 1 aliphatic rings. The van der Waals surface area contributed by atoms with E-state index in [1.165, 1.54) is 25.7 Å². The molecule has 2 heterocycles. The normalized spacial score (nSPS) is 15.0. The van der Waals surface area contributed by atoms with E-state index >= 15 is 0 Å². The highest BCUT2D eigenvalue weighted by Gasteiger charge is 2.32. The molecule has 0 unspecified atom stereocenters. The van der Waals surface area contributed by atoms with Crippen LogP contribution in [0.5, 0.6) is 0 Å². The second-order valence-corrected chi connectivity index (χ2v) is 12.2. The molecule has 0 amide bonds. The molecular weight excluding hydrogens is 446 g/mol. The van der Waals surface area contributed by atoms with Gasteiger partial charge in [-0.25, -0.2) is 9.78 Å². The van der Waals surface area contributed by atoms with Crippen LogP contribution in [0.1, 0.15) is 63.6 Å². The Kier molecular flexibility index (Phi) is 5.87. The van der Waals surface area contributed by atoms with Gasteiger partial charge in [-0.3, -0.25) is 0 Å². The van der Waals surface area contributed by atoms with E-state index in [1.54, 1.807) is 22.7 Å². The van der Waals surface area contributed by atoms with Crippen molar-refractivity contribution in [2.75, 3.05) is 0 Å². The van der Waals surface area contributed by atoms with E-state index in [9.17, 15) is 9.90 Å². The molecule has 170 valence electrons. The van der Waals surface area contributed by atoms with Gasteiger partial charge in [0.05, 0.1) is 20.8 Å². The number of aromatic nitrogens is 1. The molecule has 2 aromatic carbocycles. The van der Waals surface area contributed by atoms with Crippen molar-refractivity contribution in [1.82, 2.24) is 4.98 Å². The van der Waals surface area contributed by atoms with Crippen molar-refractivity contribution in [3.05, 3.63) is 74.6 Å². The highest BCUT2D eigenvalue weighted by molar-refractivity contribution is 7.18. The van der Waals surface area contributed by atoms with Gasteiger partial charge < -0.3 is 5.11 Å². The number of nitrogens with zero attached hydrogens (tertiary/aromatic N) is 1. The van der Waals surface area contributed by atoms with Gasteiger partial charge in [-0.15, -0.1) is 22.7 Å². The lowest BCUT2D eigenvalue weighted by atomic mass is 9.76. The highest BCUT2D eigenvalue weighted by atomic mass is 32.1. The number of thiazole rings is 1. The molecule has 4 aromatic rings. The van der Waals surface area contributed by atoms with E-state index in [-0.39, 0.29) is 5.41 Å². The molecule has 0 saturated carbocycles. The first-order valence-corrected chi connectivity index (χ1v) is 13.3. The number of hydrogen-bond donors (Lipinski definition) is 1. The SMILES string of the molecule is Cc1ccc2nc(CCCc3ccc(-c4sc5c(c4C(=O)O)CC(C)(C)CC5)cc3)sc2c1. The third-order valence-electron chi connectivity index (χ3n) is 6.65. The van der Waals surface area contributed by atoms with E-state index in [1.807, 2.05) is 0 Å². The highest BCUT2D eigenvalue weighted by Crippen LogP contribution is 2.45. The number of rotatable bonds is 6. The van der Waals surface area contributed by atoms with Crippen molar-refractivity contribution in [3.8, 4) is 10.4 Å². The second-order valence-electron chi connectivity index (χ2n) is 9.98. The van der Waals surface area contributed by atoms with Crippen molar-refractivity contribution in [1.29, 1.82) is 0 Å². The van der Waals surface area contributed by atoms with Crippen LogP contribution in [0.3, 0.4) is 0 Å². The van der Waals surface area contributed by atoms with Crippen LogP contribution in [0.2, 0.25) is 0 Å². The molecule has 33 heavy (non-hydrogen) atoms.